The largest absolute Gasteiger partial charge is 0.900 e. The molecular weight excluding hydrogens is 423 g/mol. The SMILES string of the molecule is CCC(C)(C)C(=O)O[C@H]1C[C@@H](C)C=C2C=C[C@H](C)[C@H](CC[C@@H]3C[C@@H](O)CC(=O)O3)[C@H]21.[O-][B][O-]. The molecule has 1 radical (unpaired) electrons. The maximum absolute atomic E-state index is 12.9. The number of fused-ring (bicyclic) bond motifs is 1. The Hall–Kier alpha value is -1.64. The zero-order valence-electron chi connectivity index (χ0n) is 20.5. The lowest BCUT2D eigenvalue weighted by Crippen LogP contribution is -2.43. The molecule has 1 fully saturated rings. The van der Waals surface area contributed by atoms with E-state index in [-0.39, 0.29) is 36.5 Å². The molecule has 1 saturated heterocycles. The van der Waals surface area contributed by atoms with Crippen LogP contribution in [-0.2, 0) is 19.1 Å². The highest BCUT2D eigenvalue weighted by Crippen LogP contribution is 2.45. The van der Waals surface area contributed by atoms with Crippen LogP contribution in [0.4, 0.5) is 0 Å². The van der Waals surface area contributed by atoms with Crippen molar-refractivity contribution < 1.29 is 34.2 Å². The van der Waals surface area contributed by atoms with Gasteiger partial charge in [-0.1, -0.05) is 39.0 Å². The lowest BCUT2D eigenvalue weighted by molar-refractivity contribution is -0.328. The number of aliphatic hydroxyl groups excluding tert-OH is 1. The summed E-state index contributed by atoms with van der Waals surface area (Å²) in [5.74, 6) is 0.776. The van der Waals surface area contributed by atoms with Crippen LogP contribution in [0.15, 0.2) is 23.8 Å². The van der Waals surface area contributed by atoms with Crippen LogP contribution >= 0.6 is 0 Å². The molecule has 0 aromatic heterocycles. The Morgan fingerprint density at radius 3 is 2.55 bits per heavy atom. The van der Waals surface area contributed by atoms with Gasteiger partial charge >= 0.3 is 11.9 Å². The van der Waals surface area contributed by atoms with Crippen molar-refractivity contribution in [2.75, 3.05) is 0 Å². The van der Waals surface area contributed by atoms with E-state index in [1.54, 1.807) is 0 Å². The molecule has 1 N–H and O–H groups in total. The minimum absolute atomic E-state index is 0.0949. The molecular formula is C25H38BO7-2. The molecule has 33 heavy (non-hydrogen) atoms. The number of carbonyl (C=O) groups excluding carboxylic acids is 2. The Balaban J connectivity index is 0.00000122. The van der Waals surface area contributed by atoms with Crippen molar-refractivity contribution in [3.63, 3.8) is 0 Å². The molecule has 1 heterocycles. The quantitative estimate of drug-likeness (QED) is 0.474. The highest BCUT2D eigenvalue weighted by molar-refractivity contribution is 6.08. The van der Waals surface area contributed by atoms with E-state index < -0.39 is 19.2 Å². The van der Waals surface area contributed by atoms with Gasteiger partial charge in [0.25, 0.3) is 0 Å². The summed E-state index contributed by atoms with van der Waals surface area (Å²) in [4.78, 5) is 24.6. The Morgan fingerprint density at radius 2 is 1.94 bits per heavy atom. The topological polar surface area (TPSA) is 119 Å². The fraction of sp³-hybridized carbons (Fsp3) is 0.760. The molecule has 0 spiro atoms. The summed E-state index contributed by atoms with van der Waals surface area (Å²) < 4.78 is 11.6. The molecule has 0 unspecified atom stereocenters. The summed E-state index contributed by atoms with van der Waals surface area (Å²) in [6, 6.07) is 0. The van der Waals surface area contributed by atoms with Crippen molar-refractivity contribution in [1.29, 1.82) is 0 Å². The maximum Gasteiger partial charge on any atom is 0.311 e. The summed E-state index contributed by atoms with van der Waals surface area (Å²) in [5.41, 5.74) is 0.785. The molecule has 0 bridgehead atoms. The van der Waals surface area contributed by atoms with Crippen LogP contribution in [-0.4, -0.2) is 43.0 Å². The molecule has 0 saturated carbocycles. The third-order valence-corrected chi connectivity index (χ3v) is 7.35. The predicted octanol–water partition coefficient (Wildman–Crippen LogP) is 1.83. The number of ether oxygens (including phenoxy) is 2. The van der Waals surface area contributed by atoms with Crippen LogP contribution in [0.1, 0.15) is 73.1 Å². The fourth-order valence-electron chi connectivity index (χ4n) is 5.08. The van der Waals surface area contributed by atoms with Crippen molar-refractivity contribution in [3.8, 4) is 0 Å². The first-order chi connectivity index (χ1) is 15.5. The van der Waals surface area contributed by atoms with E-state index in [1.165, 1.54) is 5.57 Å². The van der Waals surface area contributed by atoms with Gasteiger partial charge in [-0.25, -0.2) is 7.69 Å². The average molecular weight is 461 g/mol. The standard InChI is InChI=1S/C25H38O5.BO2/c1-6-25(4,5)24(28)30-21-12-15(2)11-17-8-7-16(3)20(23(17)21)10-9-19-13-18(26)14-22(27)29-19;2-1-3/h7-8,11,15-16,18-21,23,26H,6,9-10,12-14H2,1-5H3;/q;-2/t15-,16-,18+,19+,20-,21-,23-;/m0./s1. The summed E-state index contributed by atoms with van der Waals surface area (Å²) >= 11 is 0. The molecule has 2 aliphatic carbocycles. The van der Waals surface area contributed by atoms with Crippen molar-refractivity contribution in [2.24, 2.45) is 29.1 Å². The molecule has 8 heteroatoms. The van der Waals surface area contributed by atoms with Gasteiger partial charge in [-0.2, -0.15) is 0 Å². The van der Waals surface area contributed by atoms with Gasteiger partial charge in [0.05, 0.1) is 17.9 Å². The fourth-order valence-corrected chi connectivity index (χ4v) is 5.08. The number of allylic oxidation sites excluding steroid dienone is 3. The zero-order valence-corrected chi connectivity index (χ0v) is 20.5. The molecule has 0 aromatic carbocycles. The Kier molecular flexibility index (Phi) is 10.2. The first kappa shape index (κ1) is 27.6. The van der Waals surface area contributed by atoms with Gasteiger partial charge in [0, 0.05) is 12.3 Å². The second-order valence-electron chi connectivity index (χ2n) is 10.3. The zero-order chi connectivity index (χ0) is 24.8. The van der Waals surface area contributed by atoms with Gasteiger partial charge in [-0.05, 0) is 62.9 Å². The van der Waals surface area contributed by atoms with Gasteiger partial charge in [0.2, 0.25) is 0 Å². The van der Waals surface area contributed by atoms with E-state index in [4.69, 9.17) is 19.5 Å². The van der Waals surface area contributed by atoms with E-state index in [2.05, 4.69) is 32.1 Å². The third-order valence-electron chi connectivity index (χ3n) is 7.35. The van der Waals surface area contributed by atoms with Gasteiger partial charge in [0.15, 0.2) is 0 Å². The summed E-state index contributed by atoms with van der Waals surface area (Å²) in [6.45, 7) is 10.3. The van der Waals surface area contributed by atoms with E-state index in [9.17, 15) is 14.7 Å². The lowest BCUT2D eigenvalue weighted by atomic mass is 9.65. The first-order valence-corrected chi connectivity index (χ1v) is 12.1. The van der Waals surface area contributed by atoms with Crippen molar-refractivity contribution in [3.05, 3.63) is 23.8 Å². The number of esters is 2. The van der Waals surface area contributed by atoms with E-state index >= 15 is 0 Å². The molecule has 3 aliphatic rings. The van der Waals surface area contributed by atoms with Crippen LogP contribution < -0.4 is 10.0 Å². The number of rotatable bonds is 6. The molecule has 1 aliphatic heterocycles. The van der Waals surface area contributed by atoms with Crippen LogP contribution in [0.2, 0.25) is 0 Å². The number of carbonyl (C=O) groups is 2. The number of hydrogen-bond donors (Lipinski definition) is 1. The molecule has 0 aromatic rings. The lowest BCUT2D eigenvalue weighted by Gasteiger charge is -2.44. The average Bonchev–Trinajstić information content (AvgIpc) is 2.73. The van der Waals surface area contributed by atoms with Gasteiger partial charge in [-0.15, -0.1) is 0 Å². The normalized spacial score (nSPS) is 33.6. The van der Waals surface area contributed by atoms with Crippen LogP contribution in [0, 0.1) is 29.1 Å². The van der Waals surface area contributed by atoms with Crippen LogP contribution in [0.25, 0.3) is 0 Å². The number of aliphatic hydroxyl groups is 1. The van der Waals surface area contributed by atoms with Crippen LogP contribution in [0.3, 0.4) is 0 Å². The third kappa shape index (κ3) is 7.42. The van der Waals surface area contributed by atoms with Crippen molar-refractivity contribution in [2.45, 2.75) is 91.5 Å². The van der Waals surface area contributed by atoms with Gasteiger partial charge in [0.1, 0.15) is 12.2 Å². The van der Waals surface area contributed by atoms with Gasteiger partial charge in [-0.3, -0.25) is 9.59 Å². The smallest absolute Gasteiger partial charge is 0.311 e. The van der Waals surface area contributed by atoms with E-state index in [1.807, 2.05) is 20.8 Å². The molecule has 7 atom stereocenters. The second-order valence-corrected chi connectivity index (χ2v) is 10.3. The van der Waals surface area contributed by atoms with Crippen molar-refractivity contribution >= 4 is 19.6 Å². The Labute approximate surface area is 198 Å². The van der Waals surface area contributed by atoms with Gasteiger partial charge < -0.3 is 24.6 Å². The van der Waals surface area contributed by atoms with Crippen LogP contribution in [0.5, 0.6) is 0 Å². The van der Waals surface area contributed by atoms with E-state index in [0.29, 0.717) is 24.2 Å². The van der Waals surface area contributed by atoms with E-state index in [0.717, 1.165) is 25.7 Å². The maximum atomic E-state index is 12.9. The molecule has 0 amide bonds. The Bertz CT molecular complexity index is 732. The molecule has 3 rings (SSSR count). The minimum atomic E-state index is -0.601. The molecule has 7 nitrogen and oxygen atoms in total. The summed E-state index contributed by atoms with van der Waals surface area (Å²) in [7, 11) is -0.500. The van der Waals surface area contributed by atoms with Crippen molar-refractivity contribution in [1.82, 2.24) is 0 Å². The second kappa shape index (κ2) is 12.2. The first-order valence-electron chi connectivity index (χ1n) is 12.1. The number of cyclic esters (lactones) is 1. The predicted molar refractivity (Wildman–Crippen MR) is 121 cm³/mol. The highest BCUT2D eigenvalue weighted by Gasteiger charge is 2.43. The minimum Gasteiger partial charge on any atom is -0.900 e. The summed E-state index contributed by atoms with van der Waals surface area (Å²) in [5, 5.41) is 26.4. The molecule has 185 valence electrons. The monoisotopic (exact) mass is 461 g/mol. The highest BCUT2D eigenvalue weighted by atomic mass is 16.6. The Morgan fingerprint density at radius 1 is 1.27 bits per heavy atom. The number of hydrogen-bond acceptors (Lipinski definition) is 7. The summed E-state index contributed by atoms with van der Waals surface area (Å²) in [6.07, 6.45) is 9.61.